The quantitative estimate of drug-likeness (QED) is 0.583. The molecule has 2 aliphatic heterocycles. The summed E-state index contributed by atoms with van der Waals surface area (Å²) in [7, 11) is 0. The first-order valence-electron chi connectivity index (χ1n) is 11.3. The van der Waals surface area contributed by atoms with Crippen molar-refractivity contribution in [1.29, 1.82) is 0 Å². The highest BCUT2D eigenvalue weighted by Gasteiger charge is 2.32. The van der Waals surface area contributed by atoms with E-state index in [1.165, 1.54) is 4.57 Å². The number of nitrogens with zero attached hydrogens (tertiary/aromatic N) is 2. The van der Waals surface area contributed by atoms with Gasteiger partial charge in [-0.2, -0.15) is 0 Å². The first-order chi connectivity index (χ1) is 16.0. The Morgan fingerprint density at radius 2 is 1.88 bits per heavy atom. The van der Waals surface area contributed by atoms with Crippen molar-refractivity contribution in [2.45, 2.75) is 51.8 Å². The van der Waals surface area contributed by atoms with Gasteiger partial charge in [0.1, 0.15) is 11.4 Å². The molecular formula is C24H29N5O5. The highest BCUT2D eigenvalue weighted by molar-refractivity contribution is 6.23. The molecule has 2 aliphatic rings. The number of fused-ring (bicyclic) bond motifs is 1. The van der Waals surface area contributed by atoms with Gasteiger partial charge in [-0.1, -0.05) is 12.1 Å². The number of anilines is 1. The Balaban J connectivity index is 1.42. The van der Waals surface area contributed by atoms with E-state index in [1.54, 1.807) is 17.0 Å². The molecule has 4 rings (SSSR count). The fourth-order valence-corrected chi connectivity index (χ4v) is 4.21. The molecule has 0 radical (unpaired) electrons. The molecule has 1 saturated heterocycles. The first-order valence-corrected chi connectivity index (χ1v) is 11.3. The number of rotatable bonds is 4. The summed E-state index contributed by atoms with van der Waals surface area (Å²) >= 11 is 0. The maximum Gasteiger partial charge on any atom is 0.410 e. The number of hydrogen-bond acceptors (Lipinski definition) is 7. The van der Waals surface area contributed by atoms with Crippen molar-refractivity contribution >= 4 is 23.7 Å². The Hall–Kier alpha value is -3.66. The molecule has 3 heterocycles. The number of benzene rings is 1. The maximum atomic E-state index is 12.6. The average molecular weight is 468 g/mol. The zero-order chi connectivity index (χ0) is 24.6. The minimum Gasteiger partial charge on any atom is -0.444 e. The second-order valence-electron chi connectivity index (χ2n) is 9.59. The van der Waals surface area contributed by atoms with E-state index in [2.05, 4.69) is 10.6 Å². The third kappa shape index (κ3) is 4.81. The number of nitrogen functional groups attached to an aromatic ring is 1. The largest absolute Gasteiger partial charge is 0.444 e. The third-order valence-corrected chi connectivity index (χ3v) is 5.82. The standard InChI is InChI=1S/C24H29N5O5/c1-24(2,3)34-23(33)28-10-4-5-15(13-28)26-12-14-6-8-16(9-7-14)29-18(30)11-17-19(20(29)25)22(32)27-21(17)31/h6-9,11,15,26H,4-5,10,12-13,25H2,1-3H3,(H,27,31,32). The summed E-state index contributed by atoms with van der Waals surface area (Å²) in [4.78, 5) is 50.5. The van der Waals surface area contributed by atoms with Crippen LogP contribution in [0.4, 0.5) is 10.6 Å². The van der Waals surface area contributed by atoms with Crippen molar-refractivity contribution in [3.05, 3.63) is 57.4 Å². The van der Waals surface area contributed by atoms with E-state index in [-0.39, 0.29) is 29.1 Å². The van der Waals surface area contributed by atoms with Crippen LogP contribution in [-0.2, 0) is 11.3 Å². The van der Waals surface area contributed by atoms with Crippen molar-refractivity contribution in [1.82, 2.24) is 20.1 Å². The van der Waals surface area contributed by atoms with E-state index in [9.17, 15) is 19.2 Å². The maximum absolute atomic E-state index is 12.6. The van der Waals surface area contributed by atoms with E-state index in [1.807, 2.05) is 32.9 Å². The molecule has 10 nitrogen and oxygen atoms in total. The van der Waals surface area contributed by atoms with Crippen LogP contribution in [0.1, 0.15) is 59.9 Å². The molecule has 1 fully saturated rings. The Morgan fingerprint density at radius 1 is 1.18 bits per heavy atom. The lowest BCUT2D eigenvalue weighted by atomic mass is 10.1. The summed E-state index contributed by atoms with van der Waals surface area (Å²) < 4.78 is 6.70. The number of aromatic nitrogens is 1. The number of piperidine rings is 1. The van der Waals surface area contributed by atoms with Gasteiger partial charge >= 0.3 is 6.09 Å². The molecule has 1 atom stereocenters. The van der Waals surface area contributed by atoms with E-state index in [4.69, 9.17) is 10.5 Å². The van der Waals surface area contributed by atoms with Crippen LogP contribution in [0.5, 0.6) is 0 Å². The Morgan fingerprint density at radius 3 is 2.56 bits per heavy atom. The highest BCUT2D eigenvalue weighted by Crippen LogP contribution is 2.23. The van der Waals surface area contributed by atoms with Gasteiger partial charge in [0.25, 0.3) is 17.4 Å². The molecule has 2 aromatic rings. The highest BCUT2D eigenvalue weighted by atomic mass is 16.6. The number of ether oxygens (including phenoxy) is 1. The average Bonchev–Trinajstić information content (AvgIpc) is 3.05. The van der Waals surface area contributed by atoms with Gasteiger partial charge in [0, 0.05) is 31.7 Å². The predicted octanol–water partition coefficient (Wildman–Crippen LogP) is 1.79. The van der Waals surface area contributed by atoms with Gasteiger partial charge < -0.3 is 20.7 Å². The molecule has 1 unspecified atom stereocenters. The lowest BCUT2D eigenvalue weighted by Crippen LogP contribution is -2.49. The Bertz CT molecular complexity index is 1200. The van der Waals surface area contributed by atoms with Gasteiger partial charge in [-0.25, -0.2) is 4.79 Å². The summed E-state index contributed by atoms with van der Waals surface area (Å²) in [6.45, 7) is 7.41. The number of nitrogens with two attached hydrogens (primary N) is 1. The van der Waals surface area contributed by atoms with Crippen LogP contribution in [0.25, 0.3) is 5.69 Å². The Kier molecular flexibility index (Phi) is 6.18. The molecule has 4 N–H and O–H groups in total. The van der Waals surface area contributed by atoms with Crippen molar-refractivity contribution < 1.29 is 19.1 Å². The first kappa shape index (κ1) is 23.5. The topological polar surface area (TPSA) is 136 Å². The second kappa shape index (κ2) is 8.94. The van der Waals surface area contributed by atoms with Crippen LogP contribution >= 0.6 is 0 Å². The smallest absolute Gasteiger partial charge is 0.410 e. The fourth-order valence-electron chi connectivity index (χ4n) is 4.21. The second-order valence-corrected chi connectivity index (χ2v) is 9.59. The van der Waals surface area contributed by atoms with E-state index < -0.39 is 23.0 Å². The molecular weight excluding hydrogens is 438 g/mol. The lowest BCUT2D eigenvalue weighted by molar-refractivity contribution is 0.0187. The van der Waals surface area contributed by atoms with Crippen LogP contribution in [0.2, 0.25) is 0 Å². The van der Waals surface area contributed by atoms with Gasteiger partial charge in [-0.3, -0.25) is 24.3 Å². The minimum atomic E-state index is -0.620. The lowest BCUT2D eigenvalue weighted by Gasteiger charge is -2.34. The van der Waals surface area contributed by atoms with Crippen LogP contribution in [0, 0.1) is 0 Å². The summed E-state index contributed by atoms with van der Waals surface area (Å²) in [5, 5.41) is 5.64. The zero-order valence-corrected chi connectivity index (χ0v) is 19.5. The summed E-state index contributed by atoms with van der Waals surface area (Å²) in [5.41, 5.74) is 6.56. The molecule has 0 aliphatic carbocycles. The minimum absolute atomic E-state index is 0.00234. The SMILES string of the molecule is CC(C)(C)OC(=O)N1CCCC(NCc2ccc(-n3c(N)c4c(cc3=O)C(=O)NC4=O)cc2)C1. The van der Waals surface area contributed by atoms with Crippen LogP contribution < -0.4 is 21.9 Å². The number of imide groups is 1. The number of carbonyl (C=O) groups is 3. The molecule has 1 aromatic heterocycles. The molecule has 180 valence electrons. The van der Waals surface area contributed by atoms with E-state index in [0.29, 0.717) is 25.3 Å². The van der Waals surface area contributed by atoms with Crippen molar-refractivity contribution in [3.8, 4) is 5.69 Å². The zero-order valence-electron chi connectivity index (χ0n) is 19.5. The number of amides is 3. The molecule has 34 heavy (non-hydrogen) atoms. The molecule has 3 amide bonds. The van der Waals surface area contributed by atoms with Crippen molar-refractivity contribution in [2.24, 2.45) is 0 Å². The normalized spacial score (nSPS) is 18.0. The van der Waals surface area contributed by atoms with Crippen molar-refractivity contribution in [3.63, 3.8) is 0 Å². The Labute approximate surface area is 197 Å². The number of likely N-dealkylation sites (tertiary alicyclic amines) is 1. The van der Waals surface area contributed by atoms with Crippen LogP contribution in [0.15, 0.2) is 35.1 Å². The van der Waals surface area contributed by atoms with Gasteiger partial charge in [0.05, 0.1) is 16.8 Å². The van der Waals surface area contributed by atoms with Crippen molar-refractivity contribution in [2.75, 3.05) is 18.8 Å². The molecule has 0 bridgehead atoms. The fraction of sp³-hybridized carbons (Fsp3) is 0.417. The van der Waals surface area contributed by atoms with E-state index in [0.717, 1.165) is 24.5 Å². The number of carbonyl (C=O) groups excluding carboxylic acids is 3. The predicted molar refractivity (Wildman–Crippen MR) is 126 cm³/mol. The third-order valence-electron chi connectivity index (χ3n) is 5.82. The van der Waals surface area contributed by atoms with Gasteiger partial charge in [-0.15, -0.1) is 0 Å². The number of pyridine rings is 1. The van der Waals surface area contributed by atoms with Crippen LogP contribution in [-0.4, -0.2) is 52.1 Å². The monoisotopic (exact) mass is 467 g/mol. The molecule has 10 heteroatoms. The molecule has 1 aromatic carbocycles. The van der Waals surface area contributed by atoms with Crippen LogP contribution in [0.3, 0.4) is 0 Å². The molecule has 0 spiro atoms. The summed E-state index contributed by atoms with van der Waals surface area (Å²) in [6, 6.07) is 8.48. The van der Waals surface area contributed by atoms with Gasteiger partial charge in [0.15, 0.2) is 0 Å². The number of nitrogens with one attached hydrogen (secondary N) is 2. The number of hydrogen-bond donors (Lipinski definition) is 3. The van der Waals surface area contributed by atoms with E-state index >= 15 is 0 Å². The summed E-state index contributed by atoms with van der Waals surface area (Å²) in [6.07, 6.45) is 1.56. The molecule has 0 saturated carbocycles. The summed E-state index contributed by atoms with van der Waals surface area (Å²) in [5.74, 6) is -1.30. The van der Waals surface area contributed by atoms with Gasteiger partial charge in [-0.05, 0) is 51.3 Å². The van der Waals surface area contributed by atoms with Gasteiger partial charge in [0.2, 0.25) is 0 Å².